The van der Waals surface area contributed by atoms with Gasteiger partial charge in [0, 0.05) is 0 Å². The molecule has 0 spiro atoms. The highest BCUT2D eigenvalue weighted by Gasteiger charge is 2.54. The van der Waals surface area contributed by atoms with Crippen molar-refractivity contribution in [2.24, 2.45) is 23.2 Å². The summed E-state index contributed by atoms with van der Waals surface area (Å²) in [4.78, 5) is 13.4. The van der Waals surface area contributed by atoms with Crippen LogP contribution in [-0.2, 0) is 10.8 Å². The van der Waals surface area contributed by atoms with Crippen LogP contribution in [0.1, 0.15) is 121 Å². The van der Waals surface area contributed by atoms with Gasteiger partial charge in [-0.15, -0.1) is 0 Å². The monoisotopic (exact) mass is 468 g/mol. The maximum absolute atomic E-state index is 13.4. The maximum Gasteiger partial charge on any atom is 0.324 e. The van der Waals surface area contributed by atoms with E-state index in [0.29, 0.717) is 28.0 Å². The Hall–Kier alpha value is -1.09. The molecule has 184 valence electrons. The number of aryl methyl sites for hydroxylation is 1. The molecule has 1 aromatic carbocycles. The lowest BCUT2D eigenvalue weighted by Crippen LogP contribution is -2.49. The van der Waals surface area contributed by atoms with Crippen LogP contribution in [0.15, 0.2) is 18.2 Å². The van der Waals surface area contributed by atoms with E-state index in [0.717, 1.165) is 29.7 Å². The molecule has 4 rings (SSSR count). The molecule has 33 heavy (non-hydrogen) atoms. The minimum atomic E-state index is -2.22. The fraction of sp³-hybridized carbons (Fsp3) is 0.767. The van der Waals surface area contributed by atoms with Crippen molar-refractivity contribution in [1.82, 2.24) is 0 Å². The fourth-order valence-electron chi connectivity index (χ4n) is 9.06. The first-order chi connectivity index (χ1) is 15.6. The van der Waals surface area contributed by atoms with Crippen LogP contribution in [0.5, 0.6) is 0 Å². The molecular weight excluding hydrogens is 420 g/mol. The molecule has 0 unspecified atom stereocenters. The van der Waals surface area contributed by atoms with Crippen molar-refractivity contribution >= 4 is 14.3 Å². The second-order valence-corrected chi connectivity index (χ2v) is 18.1. The number of hydrogen-bond acceptors (Lipinski definition) is 2. The zero-order valence-electron chi connectivity index (χ0n) is 22.5. The van der Waals surface area contributed by atoms with E-state index in [1.165, 1.54) is 44.1 Å². The van der Waals surface area contributed by atoms with E-state index in [2.05, 4.69) is 73.6 Å². The predicted molar refractivity (Wildman–Crippen MR) is 141 cm³/mol. The predicted octanol–water partition coefficient (Wildman–Crippen LogP) is 8.90. The maximum atomic E-state index is 13.4. The number of fused-ring (bicyclic) bond motifs is 5. The second-order valence-electron chi connectivity index (χ2n) is 12.8. The van der Waals surface area contributed by atoms with E-state index in [-0.39, 0.29) is 5.97 Å². The molecule has 0 N–H and O–H groups in total. The van der Waals surface area contributed by atoms with E-state index in [9.17, 15) is 4.79 Å². The van der Waals surface area contributed by atoms with Gasteiger partial charge in [-0.1, -0.05) is 67.9 Å². The van der Waals surface area contributed by atoms with E-state index in [4.69, 9.17) is 4.43 Å². The highest BCUT2D eigenvalue weighted by molar-refractivity contribution is 6.79. The summed E-state index contributed by atoms with van der Waals surface area (Å²) >= 11 is 0. The molecule has 2 fully saturated rings. The first-order valence-electron chi connectivity index (χ1n) is 13.9. The van der Waals surface area contributed by atoms with Crippen LogP contribution in [0.4, 0.5) is 0 Å². The van der Waals surface area contributed by atoms with Crippen molar-refractivity contribution in [3.63, 3.8) is 0 Å². The normalized spacial score (nSPS) is 31.5. The summed E-state index contributed by atoms with van der Waals surface area (Å²) in [5, 5.41) is 0. The van der Waals surface area contributed by atoms with Crippen molar-refractivity contribution in [2.45, 2.75) is 123 Å². The Labute approximate surface area is 204 Å². The quantitative estimate of drug-likeness (QED) is 0.389. The van der Waals surface area contributed by atoms with Crippen LogP contribution in [-0.4, -0.2) is 14.3 Å². The SMILES string of the molecule is CC[C@H]1CC[C@H]2[C@@H]3CCc4cc(C(=O)O[Si](C(C)C)(C(C)C)C(C)C)ccc4[C@H]3CC[C@]12C. The minimum Gasteiger partial charge on any atom is -0.515 e. The van der Waals surface area contributed by atoms with Crippen molar-refractivity contribution in [3.05, 3.63) is 34.9 Å². The van der Waals surface area contributed by atoms with Gasteiger partial charge in [0.15, 0.2) is 0 Å². The van der Waals surface area contributed by atoms with Gasteiger partial charge < -0.3 is 4.43 Å². The summed E-state index contributed by atoms with van der Waals surface area (Å²) in [6, 6.07) is 6.59. The third-order valence-electron chi connectivity index (χ3n) is 10.6. The molecule has 3 aliphatic rings. The zero-order valence-corrected chi connectivity index (χ0v) is 23.5. The van der Waals surface area contributed by atoms with E-state index in [1.807, 2.05) is 0 Å². The second kappa shape index (κ2) is 9.17. The number of hydrogen-bond donors (Lipinski definition) is 0. The van der Waals surface area contributed by atoms with E-state index >= 15 is 0 Å². The lowest BCUT2D eigenvalue weighted by Gasteiger charge is -2.51. The standard InChI is InChI=1S/C30H48O2Si/c1-9-24-12-15-28-27-14-10-22-18-23(11-13-25(22)26(27)16-17-30(24,28)8)29(31)32-33(19(2)3,20(4)5)21(6)7/h11,13,18-21,24,26-28H,9-10,12,14-17H2,1-8H3/t24-,26+,27+,28-,30+/m0/s1. The highest BCUT2D eigenvalue weighted by atomic mass is 28.4. The Morgan fingerprint density at radius 2 is 1.70 bits per heavy atom. The molecule has 0 aromatic heterocycles. The Morgan fingerprint density at radius 1 is 1.03 bits per heavy atom. The molecule has 0 bridgehead atoms. The molecule has 0 radical (unpaired) electrons. The summed E-state index contributed by atoms with van der Waals surface area (Å²) < 4.78 is 6.50. The van der Waals surface area contributed by atoms with Gasteiger partial charge in [0.1, 0.15) is 0 Å². The van der Waals surface area contributed by atoms with Gasteiger partial charge in [-0.2, -0.15) is 0 Å². The third kappa shape index (κ3) is 3.95. The van der Waals surface area contributed by atoms with E-state index < -0.39 is 8.32 Å². The molecule has 0 saturated heterocycles. The summed E-state index contributed by atoms with van der Waals surface area (Å²) in [6.07, 6.45) is 9.35. The number of carbonyl (C=O) groups excluding carboxylic acids is 1. The summed E-state index contributed by atoms with van der Waals surface area (Å²) in [5.41, 5.74) is 5.54. The Bertz CT molecular complexity index is 850. The number of carbonyl (C=O) groups is 1. The molecular formula is C30H48O2Si. The van der Waals surface area contributed by atoms with Crippen molar-refractivity contribution in [3.8, 4) is 0 Å². The molecule has 3 aliphatic carbocycles. The Balaban J connectivity index is 1.57. The zero-order chi connectivity index (χ0) is 24.1. The van der Waals surface area contributed by atoms with Crippen LogP contribution in [0.25, 0.3) is 0 Å². The van der Waals surface area contributed by atoms with Crippen LogP contribution >= 0.6 is 0 Å². The van der Waals surface area contributed by atoms with Crippen molar-refractivity contribution in [1.29, 1.82) is 0 Å². The largest absolute Gasteiger partial charge is 0.515 e. The Kier molecular flexibility index (Phi) is 6.95. The van der Waals surface area contributed by atoms with Crippen LogP contribution in [0, 0.1) is 23.2 Å². The lowest BCUT2D eigenvalue weighted by molar-refractivity contribution is 0.0273. The number of benzene rings is 1. The molecule has 3 heteroatoms. The molecule has 0 heterocycles. The van der Waals surface area contributed by atoms with Crippen molar-refractivity contribution < 1.29 is 9.22 Å². The minimum absolute atomic E-state index is 0.0829. The van der Waals surface area contributed by atoms with Crippen LogP contribution in [0.2, 0.25) is 16.6 Å². The fourth-order valence-corrected chi connectivity index (χ4v) is 14.2. The van der Waals surface area contributed by atoms with Gasteiger partial charge >= 0.3 is 5.97 Å². The average molecular weight is 469 g/mol. The summed E-state index contributed by atoms with van der Waals surface area (Å²) in [5.74, 6) is 3.28. The summed E-state index contributed by atoms with van der Waals surface area (Å²) in [6.45, 7) is 18.5. The lowest BCUT2D eigenvalue weighted by atomic mass is 9.54. The van der Waals surface area contributed by atoms with Crippen molar-refractivity contribution in [2.75, 3.05) is 0 Å². The average Bonchev–Trinajstić information content (AvgIpc) is 3.12. The van der Waals surface area contributed by atoms with Crippen LogP contribution < -0.4 is 0 Å². The van der Waals surface area contributed by atoms with Gasteiger partial charge in [-0.05, 0) is 107 Å². The molecule has 0 aliphatic heterocycles. The van der Waals surface area contributed by atoms with Gasteiger partial charge in [0.2, 0.25) is 0 Å². The van der Waals surface area contributed by atoms with Gasteiger partial charge in [-0.3, -0.25) is 0 Å². The number of rotatable bonds is 6. The highest BCUT2D eigenvalue weighted by Crippen LogP contribution is 2.63. The molecule has 0 amide bonds. The molecule has 2 nitrogen and oxygen atoms in total. The Morgan fingerprint density at radius 3 is 2.30 bits per heavy atom. The smallest absolute Gasteiger partial charge is 0.324 e. The molecule has 2 saturated carbocycles. The summed E-state index contributed by atoms with van der Waals surface area (Å²) in [7, 11) is -2.22. The third-order valence-corrected chi connectivity index (χ3v) is 16.6. The van der Waals surface area contributed by atoms with Gasteiger partial charge in [0.25, 0.3) is 8.32 Å². The van der Waals surface area contributed by atoms with E-state index in [1.54, 1.807) is 5.56 Å². The molecule has 1 aromatic rings. The first-order valence-corrected chi connectivity index (χ1v) is 16.1. The topological polar surface area (TPSA) is 26.3 Å². The van der Waals surface area contributed by atoms with Gasteiger partial charge in [0.05, 0.1) is 5.56 Å². The van der Waals surface area contributed by atoms with Crippen LogP contribution in [0.3, 0.4) is 0 Å². The molecule has 5 atom stereocenters. The first kappa shape index (κ1) is 25.0. The van der Waals surface area contributed by atoms with Gasteiger partial charge in [-0.25, -0.2) is 4.79 Å².